The van der Waals surface area contributed by atoms with E-state index in [1.165, 1.54) is 12.3 Å². The predicted octanol–water partition coefficient (Wildman–Crippen LogP) is 2.67. The van der Waals surface area contributed by atoms with Gasteiger partial charge in [0.15, 0.2) is 0 Å². The van der Waals surface area contributed by atoms with Crippen molar-refractivity contribution < 1.29 is 9.53 Å². The number of ether oxygens (including phenoxy) is 1. The molecule has 0 unspecified atom stereocenters. The Morgan fingerprint density at radius 2 is 2.15 bits per heavy atom. The summed E-state index contributed by atoms with van der Waals surface area (Å²) in [6.45, 7) is 4.34. The first-order valence-electron chi connectivity index (χ1n) is 6.39. The van der Waals surface area contributed by atoms with Crippen LogP contribution in [-0.4, -0.2) is 22.1 Å². The maximum atomic E-state index is 11.6. The van der Waals surface area contributed by atoms with Crippen LogP contribution in [0.2, 0.25) is 0 Å². The molecule has 2 rings (SSSR count). The Hall–Kier alpha value is -2.56. The second kappa shape index (κ2) is 6.56. The monoisotopic (exact) mass is 271 g/mol. The van der Waals surface area contributed by atoms with E-state index in [4.69, 9.17) is 4.74 Å². The van der Waals surface area contributed by atoms with Gasteiger partial charge in [-0.2, -0.15) is 0 Å². The highest BCUT2D eigenvalue weighted by Crippen LogP contribution is 2.13. The standard InChI is InChI=1S/C15H17N3O2/c1-3-20-9-8-15(19)17-13-4-6-14(7-5-13)18-10-12(2)16-11-18/h4-11H,3H2,1-2H3,(H,17,19). The predicted molar refractivity (Wildman–Crippen MR) is 77.7 cm³/mol. The maximum absolute atomic E-state index is 11.6. The van der Waals surface area contributed by atoms with E-state index in [-0.39, 0.29) is 5.91 Å². The van der Waals surface area contributed by atoms with Crippen LogP contribution in [0.3, 0.4) is 0 Å². The third kappa shape index (κ3) is 3.71. The van der Waals surface area contributed by atoms with Gasteiger partial charge in [0, 0.05) is 23.6 Å². The molecular formula is C15H17N3O2. The van der Waals surface area contributed by atoms with Crippen molar-refractivity contribution in [2.24, 2.45) is 0 Å². The van der Waals surface area contributed by atoms with Gasteiger partial charge in [0.25, 0.3) is 5.91 Å². The number of hydrogen-bond acceptors (Lipinski definition) is 3. The lowest BCUT2D eigenvalue weighted by Gasteiger charge is -2.05. The third-order valence-corrected chi connectivity index (χ3v) is 2.63. The smallest absolute Gasteiger partial charge is 0.251 e. The van der Waals surface area contributed by atoms with Crippen molar-refractivity contribution in [3.63, 3.8) is 0 Å². The van der Waals surface area contributed by atoms with Crippen LogP contribution in [0.1, 0.15) is 12.6 Å². The van der Waals surface area contributed by atoms with Crippen LogP contribution in [0.25, 0.3) is 5.69 Å². The van der Waals surface area contributed by atoms with E-state index in [1.54, 1.807) is 6.33 Å². The van der Waals surface area contributed by atoms with Crippen LogP contribution in [0.15, 0.2) is 49.1 Å². The van der Waals surface area contributed by atoms with Crippen molar-refractivity contribution in [3.05, 3.63) is 54.8 Å². The molecule has 0 aliphatic heterocycles. The van der Waals surface area contributed by atoms with E-state index in [2.05, 4.69) is 10.3 Å². The van der Waals surface area contributed by atoms with Gasteiger partial charge in [0.05, 0.1) is 24.9 Å². The summed E-state index contributed by atoms with van der Waals surface area (Å²) in [5.41, 5.74) is 2.69. The Kier molecular flexibility index (Phi) is 4.55. The highest BCUT2D eigenvalue weighted by Gasteiger charge is 2.00. The first kappa shape index (κ1) is 13.9. The summed E-state index contributed by atoms with van der Waals surface area (Å²) >= 11 is 0. The molecular weight excluding hydrogens is 254 g/mol. The largest absolute Gasteiger partial charge is 0.501 e. The fourth-order valence-corrected chi connectivity index (χ4v) is 1.67. The highest BCUT2D eigenvalue weighted by atomic mass is 16.5. The lowest BCUT2D eigenvalue weighted by molar-refractivity contribution is -0.112. The summed E-state index contributed by atoms with van der Waals surface area (Å²) in [4.78, 5) is 15.7. The summed E-state index contributed by atoms with van der Waals surface area (Å²) in [7, 11) is 0. The van der Waals surface area contributed by atoms with Crippen LogP contribution >= 0.6 is 0 Å². The van der Waals surface area contributed by atoms with Gasteiger partial charge in [0.2, 0.25) is 0 Å². The molecule has 1 N–H and O–H groups in total. The molecule has 5 nitrogen and oxygen atoms in total. The molecule has 20 heavy (non-hydrogen) atoms. The maximum Gasteiger partial charge on any atom is 0.251 e. The molecule has 0 fully saturated rings. The van der Waals surface area contributed by atoms with Crippen LogP contribution < -0.4 is 5.32 Å². The Balaban J connectivity index is 2.00. The van der Waals surface area contributed by atoms with Crippen LogP contribution in [-0.2, 0) is 9.53 Å². The van der Waals surface area contributed by atoms with Crippen LogP contribution in [0.5, 0.6) is 0 Å². The molecule has 0 bridgehead atoms. The quantitative estimate of drug-likeness (QED) is 0.672. The number of carbonyl (C=O) groups is 1. The normalized spacial score (nSPS) is 10.7. The molecule has 5 heteroatoms. The highest BCUT2D eigenvalue weighted by molar-refractivity contribution is 5.99. The number of imidazole rings is 1. The van der Waals surface area contributed by atoms with E-state index in [0.717, 1.165) is 17.1 Å². The Morgan fingerprint density at radius 3 is 2.75 bits per heavy atom. The van der Waals surface area contributed by atoms with Crippen molar-refractivity contribution in [3.8, 4) is 5.69 Å². The van der Waals surface area contributed by atoms with Crippen LogP contribution in [0.4, 0.5) is 5.69 Å². The van der Waals surface area contributed by atoms with E-state index >= 15 is 0 Å². The fourth-order valence-electron chi connectivity index (χ4n) is 1.67. The first-order chi connectivity index (χ1) is 9.69. The van der Waals surface area contributed by atoms with Crippen LogP contribution in [0, 0.1) is 6.92 Å². The van der Waals surface area contributed by atoms with Crippen molar-refractivity contribution in [1.29, 1.82) is 0 Å². The zero-order valence-electron chi connectivity index (χ0n) is 11.5. The molecule has 1 aromatic heterocycles. The molecule has 1 heterocycles. The second-order valence-electron chi connectivity index (χ2n) is 4.22. The summed E-state index contributed by atoms with van der Waals surface area (Å²) < 4.78 is 6.90. The van der Waals surface area contributed by atoms with Gasteiger partial charge in [-0.25, -0.2) is 4.98 Å². The molecule has 2 aromatic rings. The number of aromatic nitrogens is 2. The minimum Gasteiger partial charge on any atom is -0.501 e. The number of amides is 1. The third-order valence-electron chi connectivity index (χ3n) is 2.63. The van der Waals surface area contributed by atoms with Gasteiger partial charge < -0.3 is 14.6 Å². The number of anilines is 1. The molecule has 0 saturated carbocycles. The number of nitrogens with one attached hydrogen (secondary N) is 1. The molecule has 0 spiro atoms. The Morgan fingerprint density at radius 1 is 1.40 bits per heavy atom. The van der Waals surface area contributed by atoms with E-state index in [1.807, 2.05) is 48.9 Å². The van der Waals surface area contributed by atoms with Gasteiger partial charge in [-0.15, -0.1) is 0 Å². The number of hydrogen-bond donors (Lipinski definition) is 1. The molecule has 0 radical (unpaired) electrons. The van der Waals surface area contributed by atoms with E-state index < -0.39 is 0 Å². The summed E-state index contributed by atoms with van der Waals surface area (Å²) in [6.07, 6.45) is 6.45. The molecule has 0 saturated heterocycles. The number of carbonyl (C=O) groups excluding carboxylic acids is 1. The summed E-state index contributed by atoms with van der Waals surface area (Å²) in [5.74, 6) is -0.218. The number of aryl methyl sites for hydroxylation is 1. The van der Waals surface area contributed by atoms with Crippen molar-refractivity contribution >= 4 is 11.6 Å². The van der Waals surface area contributed by atoms with Crippen molar-refractivity contribution in [2.45, 2.75) is 13.8 Å². The average Bonchev–Trinajstić information content (AvgIpc) is 2.86. The van der Waals surface area contributed by atoms with Gasteiger partial charge >= 0.3 is 0 Å². The lowest BCUT2D eigenvalue weighted by atomic mass is 10.2. The zero-order valence-corrected chi connectivity index (χ0v) is 11.5. The van der Waals surface area contributed by atoms with Gasteiger partial charge in [0.1, 0.15) is 0 Å². The molecule has 0 aliphatic rings. The van der Waals surface area contributed by atoms with Crippen molar-refractivity contribution in [2.75, 3.05) is 11.9 Å². The number of benzene rings is 1. The lowest BCUT2D eigenvalue weighted by Crippen LogP contribution is -2.08. The minimum absolute atomic E-state index is 0.218. The van der Waals surface area contributed by atoms with Gasteiger partial charge in [-0.1, -0.05) is 0 Å². The average molecular weight is 271 g/mol. The number of nitrogens with zero attached hydrogens (tertiary/aromatic N) is 2. The fraction of sp³-hybridized carbons (Fsp3) is 0.200. The molecule has 104 valence electrons. The SMILES string of the molecule is CCOC=CC(=O)Nc1ccc(-n2cnc(C)c2)cc1. The topological polar surface area (TPSA) is 56.1 Å². The Labute approximate surface area is 117 Å². The van der Waals surface area contributed by atoms with Gasteiger partial charge in [-0.3, -0.25) is 4.79 Å². The number of rotatable bonds is 5. The van der Waals surface area contributed by atoms with Gasteiger partial charge in [-0.05, 0) is 38.1 Å². The first-order valence-corrected chi connectivity index (χ1v) is 6.39. The molecule has 0 atom stereocenters. The molecule has 0 aliphatic carbocycles. The van der Waals surface area contributed by atoms with E-state index in [9.17, 15) is 4.79 Å². The Bertz CT molecular complexity index is 600. The second-order valence-corrected chi connectivity index (χ2v) is 4.22. The molecule has 1 amide bonds. The minimum atomic E-state index is -0.218. The van der Waals surface area contributed by atoms with E-state index in [0.29, 0.717) is 6.61 Å². The summed E-state index contributed by atoms with van der Waals surface area (Å²) in [6, 6.07) is 7.53. The van der Waals surface area contributed by atoms with Crippen molar-refractivity contribution in [1.82, 2.24) is 9.55 Å². The zero-order chi connectivity index (χ0) is 14.4. The molecule has 1 aromatic carbocycles. The summed E-state index contributed by atoms with van der Waals surface area (Å²) in [5, 5.41) is 2.75.